The Labute approximate surface area is 114 Å². The average molecular weight is 277 g/mol. The molecule has 0 aliphatic rings. The SMILES string of the molecule is Cc1ccccc1Oc1ccc(C(F)(F)F)cc1C#N. The van der Waals surface area contributed by atoms with Crippen molar-refractivity contribution in [3.8, 4) is 17.6 Å². The maximum atomic E-state index is 12.6. The third kappa shape index (κ3) is 2.91. The second-order valence-electron chi connectivity index (χ2n) is 4.19. The molecule has 2 rings (SSSR count). The number of hydrogen-bond acceptors (Lipinski definition) is 2. The molecule has 0 saturated carbocycles. The Balaban J connectivity index is 2.39. The lowest BCUT2D eigenvalue weighted by atomic mass is 10.1. The molecule has 102 valence electrons. The van der Waals surface area contributed by atoms with Crippen molar-refractivity contribution in [2.24, 2.45) is 0 Å². The summed E-state index contributed by atoms with van der Waals surface area (Å²) in [7, 11) is 0. The molecule has 2 aromatic rings. The second-order valence-corrected chi connectivity index (χ2v) is 4.19. The largest absolute Gasteiger partial charge is 0.456 e. The minimum atomic E-state index is -4.48. The predicted molar refractivity (Wildman–Crippen MR) is 67.4 cm³/mol. The Morgan fingerprint density at radius 2 is 1.75 bits per heavy atom. The van der Waals surface area contributed by atoms with Crippen LogP contribution in [0.4, 0.5) is 13.2 Å². The number of benzene rings is 2. The van der Waals surface area contributed by atoms with E-state index < -0.39 is 11.7 Å². The van der Waals surface area contributed by atoms with Gasteiger partial charge < -0.3 is 4.74 Å². The first-order valence-electron chi connectivity index (χ1n) is 5.76. The first-order chi connectivity index (χ1) is 9.41. The molecule has 0 aromatic heterocycles. The minimum absolute atomic E-state index is 0.106. The fourth-order valence-electron chi connectivity index (χ4n) is 1.67. The van der Waals surface area contributed by atoms with E-state index in [2.05, 4.69) is 0 Å². The van der Waals surface area contributed by atoms with Crippen molar-refractivity contribution in [3.63, 3.8) is 0 Å². The highest BCUT2D eigenvalue weighted by atomic mass is 19.4. The van der Waals surface area contributed by atoms with Gasteiger partial charge in [-0.3, -0.25) is 0 Å². The maximum Gasteiger partial charge on any atom is 0.416 e. The van der Waals surface area contributed by atoms with Crippen molar-refractivity contribution >= 4 is 0 Å². The Bertz CT molecular complexity index is 672. The van der Waals surface area contributed by atoms with E-state index >= 15 is 0 Å². The Kier molecular flexibility index (Phi) is 3.66. The molecule has 5 heteroatoms. The number of nitrogens with zero attached hydrogens (tertiary/aromatic N) is 1. The molecule has 0 fully saturated rings. The summed E-state index contributed by atoms with van der Waals surface area (Å²) >= 11 is 0. The molecule has 2 nitrogen and oxygen atoms in total. The molecule has 0 N–H and O–H groups in total. The molecular formula is C15H10F3NO. The number of ether oxygens (including phenoxy) is 1. The first-order valence-corrected chi connectivity index (χ1v) is 5.76. The van der Waals surface area contributed by atoms with Gasteiger partial charge in [0.05, 0.1) is 11.1 Å². The van der Waals surface area contributed by atoms with Gasteiger partial charge in [0.1, 0.15) is 17.6 Å². The fourth-order valence-corrected chi connectivity index (χ4v) is 1.67. The summed E-state index contributed by atoms with van der Waals surface area (Å²) in [6.45, 7) is 1.81. The number of halogens is 3. The zero-order valence-corrected chi connectivity index (χ0v) is 10.5. The monoisotopic (exact) mass is 277 g/mol. The molecule has 0 bridgehead atoms. The summed E-state index contributed by atoms with van der Waals surface area (Å²) in [5, 5.41) is 8.96. The number of alkyl halides is 3. The Morgan fingerprint density at radius 3 is 2.35 bits per heavy atom. The highest BCUT2D eigenvalue weighted by molar-refractivity contribution is 5.48. The summed E-state index contributed by atoms with van der Waals surface area (Å²) in [6.07, 6.45) is -4.48. The quantitative estimate of drug-likeness (QED) is 0.798. The Morgan fingerprint density at radius 1 is 1.05 bits per heavy atom. The fraction of sp³-hybridized carbons (Fsp3) is 0.133. The molecule has 0 saturated heterocycles. The third-order valence-electron chi connectivity index (χ3n) is 2.74. The third-order valence-corrected chi connectivity index (χ3v) is 2.74. The normalized spacial score (nSPS) is 10.9. The van der Waals surface area contributed by atoms with Crippen LogP contribution in [0.1, 0.15) is 16.7 Å². The van der Waals surface area contributed by atoms with E-state index in [-0.39, 0.29) is 11.3 Å². The van der Waals surface area contributed by atoms with Gasteiger partial charge >= 0.3 is 6.18 Å². The molecule has 0 atom stereocenters. The zero-order valence-electron chi connectivity index (χ0n) is 10.5. The second kappa shape index (κ2) is 5.25. The van der Waals surface area contributed by atoms with Gasteiger partial charge in [-0.05, 0) is 36.8 Å². The summed E-state index contributed by atoms with van der Waals surface area (Å²) in [5.74, 6) is 0.610. The zero-order chi connectivity index (χ0) is 14.8. The van der Waals surface area contributed by atoms with Crippen LogP contribution in [0.2, 0.25) is 0 Å². The van der Waals surface area contributed by atoms with Crippen molar-refractivity contribution in [2.75, 3.05) is 0 Å². The van der Waals surface area contributed by atoms with Crippen LogP contribution in [0.3, 0.4) is 0 Å². The molecule has 0 aliphatic heterocycles. The lowest BCUT2D eigenvalue weighted by Gasteiger charge is -2.12. The van der Waals surface area contributed by atoms with E-state index in [1.54, 1.807) is 18.2 Å². The van der Waals surface area contributed by atoms with E-state index in [0.29, 0.717) is 5.75 Å². The van der Waals surface area contributed by atoms with Crippen LogP contribution in [-0.2, 0) is 6.18 Å². The predicted octanol–water partition coefficient (Wildman–Crippen LogP) is 4.68. The van der Waals surface area contributed by atoms with E-state index in [1.165, 1.54) is 0 Å². The first kappa shape index (κ1) is 13.9. The lowest BCUT2D eigenvalue weighted by molar-refractivity contribution is -0.137. The number of nitriles is 1. The van der Waals surface area contributed by atoms with Gasteiger partial charge in [0.2, 0.25) is 0 Å². The van der Waals surface area contributed by atoms with Gasteiger partial charge in [0, 0.05) is 0 Å². The van der Waals surface area contributed by atoms with Gasteiger partial charge in [-0.2, -0.15) is 18.4 Å². The van der Waals surface area contributed by atoms with Gasteiger partial charge in [-0.25, -0.2) is 0 Å². The van der Waals surface area contributed by atoms with Crippen LogP contribution in [0.25, 0.3) is 0 Å². The van der Waals surface area contributed by atoms with Crippen molar-refractivity contribution in [2.45, 2.75) is 13.1 Å². The summed E-state index contributed by atoms with van der Waals surface area (Å²) in [4.78, 5) is 0. The van der Waals surface area contributed by atoms with Crippen molar-refractivity contribution in [1.29, 1.82) is 5.26 Å². The molecule has 0 radical (unpaired) electrons. The average Bonchev–Trinajstić information content (AvgIpc) is 2.40. The smallest absolute Gasteiger partial charge is 0.416 e. The molecular weight excluding hydrogens is 267 g/mol. The highest BCUT2D eigenvalue weighted by Gasteiger charge is 2.31. The molecule has 0 unspecified atom stereocenters. The Hall–Kier alpha value is -2.48. The van der Waals surface area contributed by atoms with E-state index in [0.717, 1.165) is 23.8 Å². The van der Waals surface area contributed by atoms with Crippen LogP contribution >= 0.6 is 0 Å². The van der Waals surface area contributed by atoms with Crippen LogP contribution in [0.5, 0.6) is 11.5 Å². The van der Waals surface area contributed by atoms with Gasteiger partial charge in [0.15, 0.2) is 0 Å². The molecule has 0 amide bonds. The molecule has 2 aromatic carbocycles. The molecule has 0 spiro atoms. The maximum absolute atomic E-state index is 12.6. The number of rotatable bonds is 2. The van der Waals surface area contributed by atoms with E-state index in [1.807, 2.05) is 19.1 Å². The van der Waals surface area contributed by atoms with Gasteiger partial charge in [-0.1, -0.05) is 18.2 Å². The lowest BCUT2D eigenvalue weighted by Crippen LogP contribution is -2.05. The van der Waals surface area contributed by atoms with E-state index in [4.69, 9.17) is 10.00 Å². The standard InChI is InChI=1S/C15H10F3NO/c1-10-4-2-3-5-13(10)20-14-7-6-12(15(16,17)18)8-11(14)9-19/h2-8H,1H3. The topological polar surface area (TPSA) is 33.0 Å². The van der Waals surface area contributed by atoms with Gasteiger partial charge in [0.25, 0.3) is 0 Å². The molecule has 20 heavy (non-hydrogen) atoms. The van der Waals surface area contributed by atoms with Crippen molar-refractivity contribution in [3.05, 3.63) is 59.2 Å². The number of aryl methyl sites for hydroxylation is 1. The van der Waals surface area contributed by atoms with Crippen LogP contribution < -0.4 is 4.74 Å². The summed E-state index contributed by atoms with van der Waals surface area (Å²) in [6, 6.07) is 11.6. The minimum Gasteiger partial charge on any atom is -0.456 e. The number of para-hydroxylation sites is 1. The van der Waals surface area contributed by atoms with Gasteiger partial charge in [-0.15, -0.1) is 0 Å². The summed E-state index contributed by atoms with van der Waals surface area (Å²) < 4.78 is 43.2. The van der Waals surface area contributed by atoms with Crippen molar-refractivity contribution in [1.82, 2.24) is 0 Å². The van der Waals surface area contributed by atoms with Crippen LogP contribution in [0, 0.1) is 18.3 Å². The van der Waals surface area contributed by atoms with Crippen molar-refractivity contribution < 1.29 is 17.9 Å². The van der Waals surface area contributed by atoms with Crippen LogP contribution in [-0.4, -0.2) is 0 Å². The van der Waals surface area contributed by atoms with E-state index in [9.17, 15) is 13.2 Å². The molecule has 0 aliphatic carbocycles. The van der Waals surface area contributed by atoms with Crippen LogP contribution in [0.15, 0.2) is 42.5 Å². The summed E-state index contributed by atoms with van der Waals surface area (Å²) in [5.41, 5.74) is -0.189. The molecule has 0 heterocycles. The number of hydrogen-bond donors (Lipinski definition) is 0. The highest BCUT2D eigenvalue weighted by Crippen LogP contribution is 2.34.